The van der Waals surface area contributed by atoms with E-state index in [0.29, 0.717) is 11.4 Å². The molecule has 1 heterocycles. The van der Waals surface area contributed by atoms with Gasteiger partial charge in [0.1, 0.15) is 11.6 Å². The van der Waals surface area contributed by atoms with Gasteiger partial charge in [-0.2, -0.15) is 0 Å². The van der Waals surface area contributed by atoms with Crippen LogP contribution in [0.2, 0.25) is 0 Å². The van der Waals surface area contributed by atoms with Crippen LogP contribution in [0, 0.1) is 11.6 Å². The summed E-state index contributed by atoms with van der Waals surface area (Å²) >= 11 is 0. The highest BCUT2D eigenvalue weighted by Crippen LogP contribution is 2.41. The Morgan fingerprint density at radius 3 is 2.00 bits per heavy atom. The number of benzene rings is 2. The fourth-order valence-corrected chi connectivity index (χ4v) is 2.47. The molecule has 3 rings (SSSR count). The lowest BCUT2D eigenvalue weighted by molar-refractivity contribution is -0.145. The van der Waals surface area contributed by atoms with Gasteiger partial charge in [-0.05, 0) is 24.3 Å². The molecule has 108 valence electrons. The molecule has 0 fully saturated rings. The van der Waals surface area contributed by atoms with Gasteiger partial charge in [-0.1, -0.05) is 18.2 Å². The standard InChI is InChI=1S/C15H12F2N2O2/c1-21-14(20)15(13-9(16)5-4-6-10(13)17)18-11-7-2-3-8-12(11)19-15/h2-8,18-19H,1H3. The van der Waals surface area contributed by atoms with E-state index in [1.54, 1.807) is 24.3 Å². The maximum Gasteiger partial charge on any atom is 0.357 e. The minimum atomic E-state index is -1.83. The second kappa shape index (κ2) is 4.73. The Balaban J connectivity index is 2.20. The number of hydrogen-bond acceptors (Lipinski definition) is 4. The zero-order valence-corrected chi connectivity index (χ0v) is 11.1. The molecule has 2 N–H and O–H groups in total. The van der Waals surface area contributed by atoms with Gasteiger partial charge in [-0.15, -0.1) is 0 Å². The molecular weight excluding hydrogens is 278 g/mol. The maximum atomic E-state index is 14.1. The van der Waals surface area contributed by atoms with Crippen LogP contribution in [0.4, 0.5) is 20.2 Å². The fraction of sp³-hybridized carbons (Fsp3) is 0.133. The van der Waals surface area contributed by atoms with Crippen LogP contribution in [0.3, 0.4) is 0 Å². The number of rotatable bonds is 2. The smallest absolute Gasteiger partial charge is 0.357 e. The van der Waals surface area contributed by atoms with Crippen LogP contribution in [0.5, 0.6) is 0 Å². The van der Waals surface area contributed by atoms with E-state index in [4.69, 9.17) is 4.74 Å². The van der Waals surface area contributed by atoms with Crippen molar-refractivity contribution < 1.29 is 18.3 Å². The third-order valence-corrected chi connectivity index (χ3v) is 3.40. The van der Waals surface area contributed by atoms with E-state index in [0.717, 1.165) is 19.2 Å². The molecule has 2 aromatic rings. The maximum absolute atomic E-state index is 14.1. The number of fused-ring (bicyclic) bond motifs is 1. The van der Waals surface area contributed by atoms with Crippen molar-refractivity contribution in [3.8, 4) is 0 Å². The van der Waals surface area contributed by atoms with Crippen LogP contribution in [-0.2, 0) is 15.2 Å². The minimum Gasteiger partial charge on any atom is -0.466 e. The van der Waals surface area contributed by atoms with Crippen LogP contribution in [0.1, 0.15) is 5.56 Å². The highest BCUT2D eigenvalue weighted by Gasteiger charge is 2.49. The van der Waals surface area contributed by atoms with E-state index in [1.807, 2.05) is 0 Å². The lowest BCUT2D eigenvalue weighted by atomic mass is 9.98. The van der Waals surface area contributed by atoms with Crippen molar-refractivity contribution in [2.75, 3.05) is 17.7 Å². The highest BCUT2D eigenvalue weighted by molar-refractivity contribution is 5.95. The Labute approximate surface area is 119 Å². The molecule has 0 bridgehead atoms. The van der Waals surface area contributed by atoms with Gasteiger partial charge in [0.15, 0.2) is 0 Å². The second-order valence-corrected chi connectivity index (χ2v) is 4.63. The topological polar surface area (TPSA) is 50.4 Å². The highest BCUT2D eigenvalue weighted by atomic mass is 19.1. The Morgan fingerprint density at radius 2 is 1.52 bits per heavy atom. The fourth-order valence-electron chi connectivity index (χ4n) is 2.47. The van der Waals surface area contributed by atoms with Crippen molar-refractivity contribution in [1.29, 1.82) is 0 Å². The Kier molecular flexibility index (Phi) is 3.01. The van der Waals surface area contributed by atoms with Crippen LogP contribution >= 0.6 is 0 Å². The lowest BCUT2D eigenvalue weighted by Gasteiger charge is -2.28. The van der Waals surface area contributed by atoms with Crippen LogP contribution in [-0.4, -0.2) is 13.1 Å². The molecule has 21 heavy (non-hydrogen) atoms. The summed E-state index contributed by atoms with van der Waals surface area (Å²) in [7, 11) is 1.16. The third kappa shape index (κ3) is 1.91. The van der Waals surface area contributed by atoms with E-state index in [9.17, 15) is 13.6 Å². The van der Waals surface area contributed by atoms with Gasteiger partial charge in [0, 0.05) is 0 Å². The van der Waals surface area contributed by atoms with Crippen molar-refractivity contribution in [3.05, 3.63) is 59.7 Å². The van der Waals surface area contributed by atoms with E-state index < -0.39 is 28.8 Å². The lowest BCUT2D eigenvalue weighted by Crippen LogP contribution is -2.48. The van der Waals surface area contributed by atoms with Gasteiger partial charge in [-0.3, -0.25) is 0 Å². The molecule has 4 nitrogen and oxygen atoms in total. The minimum absolute atomic E-state index is 0.423. The van der Waals surface area contributed by atoms with Gasteiger partial charge >= 0.3 is 5.97 Å². The number of hydrogen-bond donors (Lipinski definition) is 2. The molecule has 0 saturated heterocycles. The molecule has 0 aromatic heterocycles. The van der Waals surface area contributed by atoms with E-state index in [1.165, 1.54) is 6.07 Å². The number of methoxy groups -OCH3 is 1. The van der Waals surface area contributed by atoms with Crippen molar-refractivity contribution >= 4 is 17.3 Å². The number of anilines is 2. The van der Waals surface area contributed by atoms with E-state index in [-0.39, 0.29) is 0 Å². The zero-order chi connectivity index (χ0) is 15.0. The van der Waals surface area contributed by atoms with Gasteiger partial charge in [0.25, 0.3) is 0 Å². The molecule has 0 atom stereocenters. The molecule has 2 aromatic carbocycles. The quantitative estimate of drug-likeness (QED) is 0.835. The summed E-state index contributed by atoms with van der Waals surface area (Å²) in [5.74, 6) is -2.51. The number of carbonyl (C=O) groups excluding carboxylic acids is 1. The van der Waals surface area contributed by atoms with Crippen molar-refractivity contribution in [2.24, 2.45) is 0 Å². The van der Waals surface area contributed by atoms with E-state index in [2.05, 4.69) is 10.6 Å². The number of carbonyl (C=O) groups is 1. The van der Waals surface area contributed by atoms with Crippen molar-refractivity contribution in [1.82, 2.24) is 0 Å². The van der Waals surface area contributed by atoms with Gasteiger partial charge in [-0.25, -0.2) is 13.6 Å². The third-order valence-electron chi connectivity index (χ3n) is 3.40. The molecule has 0 saturated carbocycles. The monoisotopic (exact) mass is 290 g/mol. The molecule has 6 heteroatoms. The number of ether oxygens (including phenoxy) is 1. The predicted molar refractivity (Wildman–Crippen MR) is 73.7 cm³/mol. The molecule has 0 spiro atoms. The average Bonchev–Trinajstić information content (AvgIpc) is 2.86. The molecule has 0 aliphatic carbocycles. The molecule has 0 radical (unpaired) electrons. The van der Waals surface area contributed by atoms with Crippen molar-refractivity contribution in [2.45, 2.75) is 5.66 Å². The molecule has 0 unspecified atom stereocenters. The number of halogens is 2. The number of nitrogens with one attached hydrogen (secondary N) is 2. The van der Waals surface area contributed by atoms with E-state index >= 15 is 0 Å². The van der Waals surface area contributed by atoms with Crippen LogP contribution < -0.4 is 10.6 Å². The van der Waals surface area contributed by atoms with Gasteiger partial charge in [0.05, 0.1) is 24.0 Å². The summed E-state index contributed by atoms with van der Waals surface area (Å²) in [6, 6.07) is 10.3. The summed E-state index contributed by atoms with van der Waals surface area (Å²) in [4.78, 5) is 12.2. The summed E-state index contributed by atoms with van der Waals surface area (Å²) < 4.78 is 33.0. The first-order valence-electron chi connectivity index (χ1n) is 6.27. The SMILES string of the molecule is COC(=O)C1(c2c(F)cccc2F)Nc2ccccc2N1. The number of para-hydroxylation sites is 2. The first-order valence-corrected chi connectivity index (χ1v) is 6.27. The Hall–Kier alpha value is -2.63. The van der Waals surface area contributed by atoms with Crippen molar-refractivity contribution in [3.63, 3.8) is 0 Å². The predicted octanol–water partition coefficient (Wildman–Crippen LogP) is 2.83. The average molecular weight is 290 g/mol. The van der Waals surface area contributed by atoms with Crippen LogP contribution in [0.15, 0.2) is 42.5 Å². The normalized spacial score (nSPS) is 14.8. The summed E-state index contributed by atoms with van der Waals surface area (Å²) in [5, 5.41) is 5.66. The van der Waals surface area contributed by atoms with Crippen LogP contribution in [0.25, 0.3) is 0 Å². The molecule has 0 amide bonds. The molecule has 1 aliphatic rings. The Bertz CT molecular complexity index is 673. The Morgan fingerprint density at radius 1 is 1.00 bits per heavy atom. The molecule has 1 aliphatic heterocycles. The molecular formula is C15H12F2N2O2. The first kappa shape index (κ1) is 13.4. The van der Waals surface area contributed by atoms with Gasteiger partial charge < -0.3 is 15.4 Å². The zero-order valence-electron chi connectivity index (χ0n) is 11.1. The first-order chi connectivity index (χ1) is 10.1. The van der Waals surface area contributed by atoms with Gasteiger partial charge in [0.2, 0.25) is 5.66 Å². The second-order valence-electron chi connectivity index (χ2n) is 4.63. The number of esters is 1. The summed E-state index contributed by atoms with van der Waals surface area (Å²) in [6.07, 6.45) is 0. The largest absolute Gasteiger partial charge is 0.466 e. The summed E-state index contributed by atoms with van der Waals surface area (Å²) in [6.45, 7) is 0. The summed E-state index contributed by atoms with van der Waals surface area (Å²) in [5.41, 5.74) is -1.13.